The maximum atomic E-state index is 6.28. The monoisotopic (exact) mass is 313 g/mol. The lowest BCUT2D eigenvalue weighted by molar-refractivity contribution is 0.778. The van der Waals surface area contributed by atoms with E-state index in [1.807, 2.05) is 35.9 Å². The Morgan fingerprint density at radius 2 is 2.24 bits per heavy atom. The lowest BCUT2D eigenvalue weighted by Crippen LogP contribution is -2.07. The van der Waals surface area contributed by atoms with Gasteiger partial charge in [0.2, 0.25) is 0 Å². The molecule has 0 radical (unpaired) electrons. The third-order valence-electron chi connectivity index (χ3n) is 2.58. The topological polar surface area (TPSA) is 43.8 Å². The summed E-state index contributed by atoms with van der Waals surface area (Å²) >= 11 is 9.72. The molecule has 17 heavy (non-hydrogen) atoms. The first-order chi connectivity index (χ1) is 8.13. The summed E-state index contributed by atoms with van der Waals surface area (Å²) in [6.07, 6.45) is 0.726. The molecule has 2 rings (SSSR count). The summed E-state index contributed by atoms with van der Waals surface area (Å²) in [5.41, 5.74) is 7.36. The predicted molar refractivity (Wildman–Crippen MR) is 74.1 cm³/mol. The summed E-state index contributed by atoms with van der Waals surface area (Å²) in [5, 5.41) is 0.645. The van der Waals surface area contributed by atoms with Crippen molar-refractivity contribution < 1.29 is 0 Å². The van der Waals surface area contributed by atoms with Gasteiger partial charge in [-0.2, -0.15) is 0 Å². The summed E-state index contributed by atoms with van der Waals surface area (Å²) in [6.45, 7) is 0.569. The first-order valence-electron chi connectivity index (χ1n) is 5.30. The largest absolute Gasteiger partial charge is 0.330 e. The Labute approximate surface area is 114 Å². The molecule has 90 valence electrons. The van der Waals surface area contributed by atoms with Gasteiger partial charge in [0, 0.05) is 23.5 Å². The maximum Gasteiger partial charge on any atom is 0.136 e. The van der Waals surface area contributed by atoms with Crippen molar-refractivity contribution in [1.29, 1.82) is 0 Å². The molecule has 5 heteroatoms. The number of imidazole rings is 1. The van der Waals surface area contributed by atoms with Crippen molar-refractivity contribution in [3.63, 3.8) is 0 Å². The number of nitrogens with two attached hydrogens (primary N) is 1. The first kappa shape index (κ1) is 12.6. The summed E-state index contributed by atoms with van der Waals surface area (Å²) in [5.74, 6) is 0.910. The highest BCUT2D eigenvalue weighted by Crippen LogP contribution is 2.29. The zero-order chi connectivity index (χ0) is 12.4. The molecule has 2 aromatic rings. The molecule has 2 N–H and O–H groups in total. The van der Waals surface area contributed by atoms with E-state index in [1.165, 1.54) is 0 Å². The first-order valence-corrected chi connectivity index (χ1v) is 6.47. The number of halogens is 2. The van der Waals surface area contributed by atoms with E-state index in [2.05, 4.69) is 20.9 Å². The van der Waals surface area contributed by atoms with Crippen LogP contribution in [0, 0.1) is 0 Å². The lowest BCUT2D eigenvalue weighted by atomic mass is 10.2. The zero-order valence-corrected chi connectivity index (χ0v) is 11.8. The zero-order valence-electron chi connectivity index (χ0n) is 9.45. The van der Waals surface area contributed by atoms with E-state index >= 15 is 0 Å². The van der Waals surface area contributed by atoms with Crippen LogP contribution < -0.4 is 5.73 Å². The molecule has 0 saturated heterocycles. The van der Waals surface area contributed by atoms with Crippen LogP contribution in [0.25, 0.3) is 11.3 Å². The average Bonchev–Trinajstić information content (AvgIpc) is 2.58. The molecule has 0 aliphatic rings. The molecular formula is C12H13BrClN3. The number of nitrogens with zero attached hydrogens (tertiary/aromatic N) is 2. The third kappa shape index (κ3) is 2.54. The van der Waals surface area contributed by atoms with E-state index in [4.69, 9.17) is 17.3 Å². The van der Waals surface area contributed by atoms with Crippen LogP contribution in [0.3, 0.4) is 0 Å². The molecule has 0 atom stereocenters. The molecule has 0 amide bonds. The van der Waals surface area contributed by atoms with Gasteiger partial charge in [-0.15, -0.1) is 0 Å². The molecule has 0 fully saturated rings. The van der Waals surface area contributed by atoms with Crippen LogP contribution in [0.2, 0.25) is 5.15 Å². The van der Waals surface area contributed by atoms with E-state index in [-0.39, 0.29) is 0 Å². The number of rotatable bonds is 3. The minimum atomic E-state index is 0.569. The second-order valence-electron chi connectivity index (χ2n) is 3.78. The Morgan fingerprint density at radius 1 is 1.47 bits per heavy atom. The lowest BCUT2D eigenvalue weighted by Gasteiger charge is -1.99. The van der Waals surface area contributed by atoms with Crippen molar-refractivity contribution in [2.75, 3.05) is 6.54 Å². The molecular weight excluding hydrogens is 302 g/mol. The van der Waals surface area contributed by atoms with Crippen molar-refractivity contribution in [2.45, 2.75) is 6.42 Å². The van der Waals surface area contributed by atoms with Crippen molar-refractivity contribution in [3.8, 4) is 11.3 Å². The van der Waals surface area contributed by atoms with Crippen LogP contribution in [-0.4, -0.2) is 16.1 Å². The molecule has 0 aliphatic heterocycles. The second kappa shape index (κ2) is 5.21. The van der Waals surface area contributed by atoms with Gasteiger partial charge in [-0.25, -0.2) is 4.98 Å². The van der Waals surface area contributed by atoms with Crippen LogP contribution in [0.4, 0.5) is 0 Å². The highest BCUT2D eigenvalue weighted by molar-refractivity contribution is 9.10. The molecule has 1 aromatic carbocycles. The molecule has 0 aliphatic carbocycles. The molecule has 1 aromatic heterocycles. The molecule has 1 heterocycles. The third-order valence-corrected chi connectivity index (χ3v) is 3.51. The van der Waals surface area contributed by atoms with E-state index in [0.717, 1.165) is 28.0 Å². The Morgan fingerprint density at radius 3 is 2.88 bits per heavy atom. The standard InChI is InChI=1S/C12H13BrClN3/c1-17-10(5-6-15)16-11(12(17)14)8-3-2-4-9(13)7-8/h2-4,7H,5-6,15H2,1H3. The Balaban J connectivity index is 2.49. The van der Waals surface area contributed by atoms with Gasteiger partial charge in [0.25, 0.3) is 0 Å². The Kier molecular flexibility index (Phi) is 3.86. The fraction of sp³-hybridized carbons (Fsp3) is 0.250. The average molecular weight is 315 g/mol. The second-order valence-corrected chi connectivity index (χ2v) is 5.05. The van der Waals surface area contributed by atoms with Crippen molar-refractivity contribution in [1.82, 2.24) is 9.55 Å². The van der Waals surface area contributed by atoms with Gasteiger partial charge in [0.05, 0.1) is 0 Å². The van der Waals surface area contributed by atoms with Gasteiger partial charge < -0.3 is 10.3 Å². The summed E-state index contributed by atoms with van der Waals surface area (Å²) < 4.78 is 2.89. The van der Waals surface area contributed by atoms with Crippen molar-refractivity contribution in [2.24, 2.45) is 12.8 Å². The fourth-order valence-electron chi connectivity index (χ4n) is 1.69. The molecule has 0 spiro atoms. The number of hydrogen-bond acceptors (Lipinski definition) is 2. The quantitative estimate of drug-likeness (QED) is 0.946. The molecule has 3 nitrogen and oxygen atoms in total. The van der Waals surface area contributed by atoms with Crippen LogP contribution in [0.5, 0.6) is 0 Å². The van der Waals surface area contributed by atoms with Crippen molar-refractivity contribution in [3.05, 3.63) is 39.7 Å². The molecule has 0 bridgehead atoms. The van der Waals surface area contributed by atoms with Crippen LogP contribution in [-0.2, 0) is 13.5 Å². The number of hydrogen-bond donors (Lipinski definition) is 1. The minimum Gasteiger partial charge on any atom is -0.330 e. The van der Waals surface area contributed by atoms with Gasteiger partial charge in [-0.1, -0.05) is 39.7 Å². The van der Waals surface area contributed by atoms with Gasteiger partial charge in [0.1, 0.15) is 16.7 Å². The van der Waals surface area contributed by atoms with Crippen LogP contribution in [0.1, 0.15) is 5.82 Å². The molecule has 0 unspecified atom stereocenters. The summed E-state index contributed by atoms with van der Waals surface area (Å²) in [7, 11) is 1.90. The normalized spacial score (nSPS) is 10.8. The number of aromatic nitrogens is 2. The van der Waals surface area contributed by atoms with Crippen LogP contribution >= 0.6 is 27.5 Å². The SMILES string of the molecule is Cn1c(CCN)nc(-c2cccc(Br)c2)c1Cl. The van der Waals surface area contributed by atoms with Gasteiger partial charge in [0.15, 0.2) is 0 Å². The summed E-state index contributed by atoms with van der Waals surface area (Å²) in [4.78, 5) is 4.54. The number of benzene rings is 1. The van der Waals surface area contributed by atoms with Gasteiger partial charge >= 0.3 is 0 Å². The van der Waals surface area contributed by atoms with E-state index in [1.54, 1.807) is 0 Å². The highest BCUT2D eigenvalue weighted by atomic mass is 79.9. The molecule has 0 saturated carbocycles. The van der Waals surface area contributed by atoms with E-state index in [0.29, 0.717) is 11.7 Å². The predicted octanol–water partition coefficient (Wildman–Crippen LogP) is 3.00. The maximum absolute atomic E-state index is 6.28. The van der Waals surface area contributed by atoms with Crippen LogP contribution in [0.15, 0.2) is 28.7 Å². The fourth-order valence-corrected chi connectivity index (χ4v) is 2.34. The minimum absolute atomic E-state index is 0.569. The van der Waals surface area contributed by atoms with Gasteiger partial charge in [-0.05, 0) is 18.7 Å². The Bertz CT molecular complexity index is 537. The van der Waals surface area contributed by atoms with E-state index < -0.39 is 0 Å². The Hall–Kier alpha value is -0.840. The van der Waals surface area contributed by atoms with Crippen molar-refractivity contribution >= 4 is 27.5 Å². The summed E-state index contributed by atoms with van der Waals surface area (Å²) in [6, 6.07) is 7.93. The highest BCUT2D eigenvalue weighted by Gasteiger charge is 2.13. The smallest absolute Gasteiger partial charge is 0.136 e. The van der Waals surface area contributed by atoms with E-state index in [9.17, 15) is 0 Å². The van der Waals surface area contributed by atoms with Gasteiger partial charge in [-0.3, -0.25) is 0 Å².